The van der Waals surface area contributed by atoms with Crippen molar-refractivity contribution in [1.29, 1.82) is 0 Å². The molecule has 13 heavy (non-hydrogen) atoms. The zero-order valence-corrected chi connectivity index (χ0v) is 9.31. The van der Waals surface area contributed by atoms with Crippen molar-refractivity contribution in [3.63, 3.8) is 0 Å². The lowest BCUT2D eigenvalue weighted by Crippen LogP contribution is -2.27. The molecule has 0 amide bonds. The molecule has 1 heterocycles. The van der Waals surface area contributed by atoms with Crippen molar-refractivity contribution in [3.8, 4) is 0 Å². The predicted molar refractivity (Wildman–Crippen MR) is 58.9 cm³/mol. The van der Waals surface area contributed by atoms with Crippen LogP contribution in [0.15, 0.2) is 0 Å². The third-order valence-corrected chi connectivity index (χ3v) is 3.46. The summed E-state index contributed by atoms with van der Waals surface area (Å²) >= 11 is 0. The van der Waals surface area contributed by atoms with Gasteiger partial charge in [0.25, 0.3) is 0 Å². The molecule has 1 rings (SSSR count). The Morgan fingerprint density at radius 2 is 2.00 bits per heavy atom. The largest absolute Gasteiger partial charge is 0.317 e. The average Bonchev–Trinajstić information content (AvgIpc) is 2.19. The summed E-state index contributed by atoms with van der Waals surface area (Å²) in [5, 5.41) is 3.43. The van der Waals surface area contributed by atoms with Crippen LogP contribution in [0.1, 0.15) is 52.4 Å². The topological polar surface area (TPSA) is 12.0 Å². The first-order valence-corrected chi connectivity index (χ1v) is 6.03. The lowest BCUT2D eigenvalue weighted by Gasteiger charge is -2.22. The van der Waals surface area contributed by atoms with E-state index in [9.17, 15) is 0 Å². The predicted octanol–water partition coefficient (Wildman–Crippen LogP) is 3.20. The molecular weight excluding hydrogens is 158 g/mol. The fourth-order valence-corrected chi connectivity index (χ4v) is 2.13. The lowest BCUT2D eigenvalue weighted by molar-refractivity contribution is 0.332. The van der Waals surface area contributed by atoms with E-state index in [1.165, 1.54) is 51.6 Å². The fraction of sp³-hybridized carbons (Fsp3) is 1.00. The minimum Gasteiger partial charge on any atom is -0.317 e. The highest BCUT2D eigenvalue weighted by atomic mass is 14.9. The first-order valence-electron chi connectivity index (χ1n) is 6.03. The maximum atomic E-state index is 3.43. The van der Waals surface area contributed by atoms with E-state index < -0.39 is 0 Å². The molecule has 1 nitrogen and oxygen atoms in total. The Morgan fingerprint density at radius 1 is 1.31 bits per heavy atom. The minimum atomic E-state index is 0.946. The van der Waals surface area contributed by atoms with Crippen molar-refractivity contribution in [2.24, 2.45) is 11.8 Å². The zero-order chi connectivity index (χ0) is 9.52. The highest BCUT2D eigenvalue weighted by Gasteiger charge is 2.12. The highest BCUT2D eigenvalue weighted by molar-refractivity contribution is 4.68. The summed E-state index contributed by atoms with van der Waals surface area (Å²) in [4.78, 5) is 0. The maximum Gasteiger partial charge on any atom is -0.00463 e. The van der Waals surface area contributed by atoms with E-state index in [4.69, 9.17) is 0 Å². The number of piperidine rings is 1. The van der Waals surface area contributed by atoms with E-state index in [2.05, 4.69) is 19.2 Å². The summed E-state index contributed by atoms with van der Waals surface area (Å²) in [6, 6.07) is 0. The summed E-state index contributed by atoms with van der Waals surface area (Å²) in [5.74, 6) is 1.98. The number of nitrogens with one attached hydrogen (secondary N) is 1. The van der Waals surface area contributed by atoms with Crippen molar-refractivity contribution in [3.05, 3.63) is 0 Å². The molecule has 0 aromatic rings. The third kappa shape index (κ3) is 4.66. The van der Waals surface area contributed by atoms with Crippen LogP contribution in [-0.2, 0) is 0 Å². The summed E-state index contributed by atoms with van der Waals surface area (Å²) in [6.45, 7) is 7.19. The molecule has 0 radical (unpaired) electrons. The Labute approximate surface area is 83.3 Å². The van der Waals surface area contributed by atoms with Gasteiger partial charge in [0.2, 0.25) is 0 Å². The molecule has 0 bridgehead atoms. The summed E-state index contributed by atoms with van der Waals surface area (Å²) < 4.78 is 0. The SMILES string of the molecule is CCC(C)CCCC1CCNCC1. The van der Waals surface area contributed by atoms with Crippen molar-refractivity contribution in [1.82, 2.24) is 5.32 Å². The van der Waals surface area contributed by atoms with Gasteiger partial charge in [-0.2, -0.15) is 0 Å². The third-order valence-electron chi connectivity index (χ3n) is 3.46. The number of rotatable bonds is 5. The normalized spacial score (nSPS) is 21.7. The van der Waals surface area contributed by atoms with E-state index in [0.29, 0.717) is 0 Å². The van der Waals surface area contributed by atoms with Gasteiger partial charge >= 0.3 is 0 Å². The molecule has 0 aromatic carbocycles. The van der Waals surface area contributed by atoms with Crippen LogP contribution in [-0.4, -0.2) is 13.1 Å². The molecule has 1 heteroatoms. The Morgan fingerprint density at radius 3 is 2.62 bits per heavy atom. The zero-order valence-electron chi connectivity index (χ0n) is 9.31. The lowest BCUT2D eigenvalue weighted by atomic mass is 9.90. The Bertz CT molecular complexity index is 116. The van der Waals surface area contributed by atoms with Crippen LogP contribution in [0.25, 0.3) is 0 Å². The molecule has 78 valence electrons. The van der Waals surface area contributed by atoms with Crippen molar-refractivity contribution in [2.75, 3.05) is 13.1 Å². The van der Waals surface area contributed by atoms with Gasteiger partial charge in [0, 0.05) is 0 Å². The van der Waals surface area contributed by atoms with Crippen LogP contribution in [0, 0.1) is 11.8 Å². The molecule has 1 unspecified atom stereocenters. The Kier molecular flexibility index (Phi) is 5.45. The second-order valence-corrected chi connectivity index (χ2v) is 4.64. The monoisotopic (exact) mass is 183 g/mol. The number of hydrogen-bond acceptors (Lipinski definition) is 1. The Hall–Kier alpha value is -0.0400. The summed E-state index contributed by atoms with van der Waals surface area (Å²) in [5.41, 5.74) is 0. The van der Waals surface area contributed by atoms with Gasteiger partial charge in [-0.05, 0) is 37.8 Å². The molecule has 1 aliphatic heterocycles. The minimum absolute atomic E-state index is 0.946. The molecule has 0 saturated carbocycles. The van der Waals surface area contributed by atoms with Crippen LogP contribution in [0.5, 0.6) is 0 Å². The molecule has 0 spiro atoms. The van der Waals surface area contributed by atoms with Crippen LogP contribution >= 0.6 is 0 Å². The maximum absolute atomic E-state index is 3.43. The van der Waals surface area contributed by atoms with E-state index in [1.54, 1.807) is 0 Å². The van der Waals surface area contributed by atoms with Gasteiger partial charge in [-0.3, -0.25) is 0 Å². The molecule has 1 atom stereocenters. The van der Waals surface area contributed by atoms with Gasteiger partial charge < -0.3 is 5.32 Å². The van der Waals surface area contributed by atoms with Gasteiger partial charge in [-0.1, -0.05) is 39.5 Å². The van der Waals surface area contributed by atoms with Crippen LogP contribution in [0.4, 0.5) is 0 Å². The van der Waals surface area contributed by atoms with Gasteiger partial charge in [0.15, 0.2) is 0 Å². The average molecular weight is 183 g/mol. The van der Waals surface area contributed by atoms with Crippen molar-refractivity contribution < 1.29 is 0 Å². The molecule has 1 fully saturated rings. The van der Waals surface area contributed by atoms with Gasteiger partial charge in [0.1, 0.15) is 0 Å². The first kappa shape index (κ1) is 11.0. The molecule has 0 aromatic heterocycles. The standard InChI is InChI=1S/C12H25N/c1-3-11(2)5-4-6-12-7-9-13-10-8-12/h11-13H,3-10H2,1-2H3. The van der Waals surface area contributed by atoms with Crippen molar-refractivity contribution in [2.45, 2.75) is 52.4 Å². The van der Waals surface area contributed by atoms with Gasteiger partial charge in [0.05, 0.1) is 0 Å². The highest BCUT2D eigenvalue weighted by Crippen LogP contribution is 2.21. The second kappa shape index (κ2) is 6.42. The van der Waals surface area contributed by atoms with Gasteiger partial charge in [-0.25, -0.2) is 0 Å². The van der Waals surface area contributed by atoms with E-state index >= 15 is 0 Å². The van der Waals surface area contributed by atoms with E-state index in [1.807, 2.05) is 0 Å². The molecule has 1 aliphatic rings. The first-order chi connectivity index (χ1) is 6.33. The Balaban J connectivity index is 1.98. The fourth-order valence-electron chi connectivity index (χ4n) is 2.13. The van der Waals surface area contributed by atoms with Gasteiger partial charge in [-0.15, -0.1) is 0 Å². The van der Waals surface area contributed by atoms with Crippen LogP contribution < -0.4 is 5.32 Å². The molecule has 0 aliphatic carbocycles. The quantitative estimate of drug-likeness (QED) is 0.690. The second-order valence-electron chi connectivity index (χ2n) is 4.64. The molecular formula is C12H25N. The smallest absolute Gasteiger partial charge is 0.00463 e. The van der Waals surface area contributed by atoms with Crippen LogP contribution in [0.3, 0.4) is 0 Å². The van der Waals surface area contributed by atoms with E-state index in [-0.39, 0.29) is 0 Å². The molecule has 1 N–H and O–H groups in total. The summed E-state index contributed by atoms with van der Waals surface area (Å²) in [6.07, 6.45) is 8.57. The molecule has 1 saturated heterocycles. The van der Waals surface area contributed by atoms with E-state index in [0.717, 1.165) is 11.8 Å². The van der Waals surface area contributed by atoms with Crippen LogP contribution in [0.2, 0.25) is 0 Å². The van der Waals surface area contributed by atoms with Crippen molar-refractivity contribution >= 4 is 0 Å². The number of hydrogen-bond donors (Lipinski definition) is 1. The summed E-state index contributed by atoms with van der Waals surface area (Å²) in [7, 11) is 0.